The van der Waals surface area contributed by atoms with Crippen LogP contribution in [0.1, 0.15) is 23.6 Å². The van der Waals surface area contributed by atoms with Crippen molar-refractivity contribution in [2.24, 2.45) is 0 Å². The van der Waals surface area contributed by atoms with Gasteiger partial charge in [0.25, 0.3) is 11.1 Å². The minimum Gasteiger partial charge on any atom is -0.500 e. The Bertz CT molecular complexity index is 1120. The number of ether oxygens (including phenoxy) is 1. The summed E-state index contributed by atoms with van der Waals surface area (Å²) in [4.78, 5) is 36.6. The van der Waals surface area contributed by atoms with Gasteiger partial charge in [0.1, 0.15) is 0 Å². The van der Waals surface area contributed by atoms with Crippen molar-refractivity contribution in [3.8, 4) is 17.6 Å². The van der Waals surface area contributed by atoms with Crippen LogP contribution in [-0.2, 0) is 11.3 Å². The van der Waals surface area contributed by atoms with Gasteiger partial charge >= 0.3 is 5.69 Å². The third-order valence-electron chi connectivity index (χ3n) is 4.21. The molecule has 0 radical (unpaired) electrons. The van der Waals surface area contributed by atoms with Crippen molar-refractivity contribution in [2.45, 2.75) is 13.5 Å². The lowest BCUT2D eigenvalue weighted by Gasteiger charge is -2.13. The van der Waals surface area contributed by atoms with Gasteiger partial charge in [0.2, 0.25) is 5.75 Å². The minimum absolute atomic E-state index is 0.0638. The quantitative estimate of drug-likeness (QED) is 0.419. The number of aromatic hydroxyl groups is 1. The first-order chi connectivity index (χ1) is 14.3. The first-order valence-corrected chi connectivity index (χ1v) is 9.55. The maximum Gasteiger partial charge on any atom is 0.315 e. The molecular formula is C20H15N3O6S. The standard InChI is InChI=1S/C20H15N3O6S/c1-2-29-16-8-12(7-15(18(16)24)23(27)28)9-17-19(25)22(20(26)30-17)11-14-6-4-3-5-13(14)10-21/h3-9,24H,2,11H2,1H3. The molecule has 2 amide bonds. The lowest BCUT2D eigenvalue weighted by molar-refractivity contribution is -0.386. The summed E-state index contributed by atoms with van der Waals surface area (Å²) in [6, 6.07) is 11.1. The van der Waals surface area contributed by atoms with E-state index in [1.165, 1.54) is 12.1 Å². The summed E-state index contributed by atoms with van der Waals surface area (Å²) < 4.78 is 5.22. The van der Waals surface area contributed by atoms with Crippen molar-refractivity contribution >= 4 is 34.7 Å². The number of amides is 2. The number of rotatable bonds is 6. The van der Waals surface area contributed by atoms with Gasteiger partial charge in [-0.3, -0.25) is 24.6 Å². The van der Waals surface area contributed by atoms with E-state index in [1.807, 2.05) is 6.07 Å². The molecule has 1 fully saturated rings. The molecule has 9 nitrogen and oxygen atoms in total. The lowest BCUT2D eigenvalue weighted by atomic mass is 10.1. The topological polar surface area (TPSA) is 134 Å². The van der Waals surface area contributed by atoms with Crippen LogP contribution in [0.3, 0.4) is 0 Å². The number of hydrogen-bond donors (Lipinski definition) is 1. The molecule has 0 saturated carbocycles. The number of nitro groups is 1. The third kappa shape index (κ3) is 4.11. The highest BCUT2D eigenvalue weighted by Crippen LogP contribution is 2.39. The van der Waals surface area contributed by atoms with Crippen LogP contribution < -0.4 is 4.74 Å². The summed E-state index contributed by atoms with van der Waals surface area (Å²) in [7, 11) is 0. The summed E-state index contributed by atoms with van der Waals surface area (Å²) in [5, 5.41) is 29.9. The van der Waals surface area contributed by atoms with Crippen molar-refractivity contribution in [1.29, 1.82) is 5.26 Å². The number of benzene rings is 2. The van der Waals surface area contributed by atoms with Gasteiger partial charge in [0.15, 0.2) is 5.75 Å². The van der Waals surface area contributed by atoms with E-state index in [-0.39, 0.29) is 29.4 Å². The summed E-state index contributed by atoms with van der Waals surface area (Å²) >= 11 is 0.689. The maximum atomic E-state index is 12.7. The largest absolute Gasteiger partial charge is 0.500 e. The van der Waals surface area contributed by atoms with Gasteiger partial charge in [-0.2, -0.15) is 5.26 Å². The molecule has 1 heterocycles. The normalized spacial score (nSPS) is 14.8. The van der Waals surface area contributed by atoms with Crippen LogP contribution >= 0.6 is 11.8 Å². The highest BCUT2D eigenvalue weighted by Gasteiger charge is 2.35. The van der Waals surface area contributed by atoms with Crippen LogP contribution in [0.2, 0.25) is 0 Å². The molecule has 2 aromatic rings. The fourth-order valence-corrected chi connectivity index (χ4v) is 3.67. The Morgan fingerprint density at radius 3 is 2.73 bits per heavy atom. The van der Waals surface area contributed by atoms with E-state index in [9.17, 15) is 30.1 Å². The summed E-state index contributed by atoms with van der Waals surface area (Å²) in [6.45, 7) is 1.76. The van der Waals surface area contributed by atoms with Crippen LogP contribution in [0.5, 0.6) is 11.5 Å². The molecule has 0 atom stereocenters. The van der Waals surface area contributed by atoms with Crippen molar-refractivity contribution < 1.29 is 24.4 Å². The Labute approximate surface area is 175 Å². The van der Waals surface area contributed by atoms with Crippen LogP contribution in [-0.4, -0.2) is 32.7 Å². The Morgan fingerprint density at radius 2 is 2.07 bits per heavy atom. The van der Waals surface area contributed by atoms with E-state index in [2.05, 4.69) is 0 Å². The minimum atomic E-state index is -0.764. The number of nitriles is 1. The number of imide groups is 1. The molecule has 0 aliphatic carbocycles. The molecule has 30 heavy (non-hydrogen) atoms. The molecule has 0 unspecified atom stereocenters. The Balaban J connectivity index is 1.94. The van der Waals surface area contributed by atoms with E-state index in [1.54, 1.807) is 31.2 Å². The summed E-state index contributed by atoms with van der Waals surface area (Å²) in [5.41, 5.74) is 0.541. The Morgan fingerprint density at radius 1 is 1.33 bits per heavy atom. The number of carbonyl (C=O) groups is 2. The smallest absolute Gasteiger partial charge is 0.315 e. The molecule has 1 saturated heterocycles. The van der Waals surface area contributed by atoms with Gasteiger partial charge in [-0.25, -0.2) is 0 Å². The van der Waals surface area contributed by atoms with E-state index in [4.69, 9.17) is 4.74 Å². The molecule has 2 aromatic carbocycles. The van der Waals surface area contributed by atoms with Gasteiger partial charge in [0, 0.05) is 6.07 Å². The molecule has 1 aliphatic heterocycles. The predicted molar refractivity (Wildman–Crippen MR) is 109 cm³/mol. The molecule has 152 valence electrons. The predicted octanol–water partition coefficient (Wildman–Crippen LogP) is 3.81. The van der Waals surface area contributed by atoms with E-state index < -0.39 is 27.5 Å². The number of nitrogens with zero attached hydrogens (tertiary/aromatic N) is 3. The van der Waals surface area contributed by atoms with E-state index in [0.29, 0.717) is 22.9 Å². The summed E-state index contributed by atoms with van der Waals surface area (Å²) in [6.07, 6.45) is 1.33. The van der Waals surface area contributed by atoms with Crippen molar-refractivity contribution in [3.05, 3.63) is 68.1 Å². The number of nitro benzene ring substituents is 1. The molecule has 0 aromatic heterocycles. The van der Waals surface area contributed by atoms with Crippen LogP contribution in [0, 0.1) is 21.4 Å². The molecule has 1 N–H and O–H groups in total. The van der Waals surface area contributed by atoms with Crippen molar-refractivity contribution in [2.75, 3.05) is 6.61 Å². The van der Waals surface area contributed by atoms with Crippen molar-refractivity contribution in [1.82, 2.24) is 4.90 Å². The zero-order chi connectivity index (χ0) is 21.8. The number of carbonyl (C=O) groups excluding carboxylic acids is 2. The first-order valence-electron chi connectivity index (χ1n) is 8.73. The first kappa shape index (κ1) is 20.9. The van der Waals surface area contributed by atoms with Crippen LogP contribution in [0.25, 0.3) is 6.08 Å². The Hall–Kier alpha value is -3.84. The van der Waals surface area contributed by atoms with Gasteiger partial charge in [0.05, 0.1) is 34.6 Å². The third-order valence-corrected chi connectivity index (χ3v) is 5.12. The van der Waals surface area contributed by atoms with Gasteiger partial charge in [-0.05, 0) is 48.0 Å². The molecule has 10 heteroatoms. The summed E-state index contributed by atoms with van der Waals surface area (Å²) in [5.74, 6) is -1.29. The molecule has 0 bridgehead atoms. The van der Waals surface area contributed by atoms with E-state index >= 15 is 0 Å². The average Bonchev–Trinajstić information content (AvgIpc) is 2.98. The van der Waals surface area contributed by atoms with Gasteiger partial charge < -0.3 is 9.84 Å². The van der Waals surface area contributed by atoms with Crippen LogP contribution in [0.4, 0.5) is 10.5 Å². The second kappa shape index (κ2) is 8.67. The second-order valence-corrected chi connectivity index (χ2v) is 7.11. The van der Waals surface area contributed by atoms with Gasteiger partial charge in [-0.1, -0.05) is 18.2 Å². The van der Waals surface area contributed by atoms with Crippen molar-refractivity contribution in [3.63, 3.8) is 0 Å². The fraction of sp³-hybridized carbons (Fsp3) is 0.150. The fourth-order valence-electron chi connectivity index (χ4n) is 2.83. The second-order valence-electron chi connectivity index (χ2n) is 6.11. The highest BCUT2D eigenvalue weighted by molar-refractivity contribution is 8.18. The van der Waals surface area contributed by atoms with E-state index in [0.717, 1.165) is 11.0 Å². The monoisotopic (exact) mass is 425 g/mol. The molecule has 1 aliphatic rings. The SMILES string of the molecule is CCOc1cc(C=C2SC(=O)N(Cc3ccccc3C#N)C2=O)cc([N+](=O)[O-])c1O. The highest BCUT2D eigenvalue weighted by atomic mass is 32.2. The van der Waals surface area contributed by atoms with Gasteiger partial charge in [-0.15, -0.1) is 0 Å². The zero-order valence-corrected chi connectivity index (χ0v) is 16.5. The molecule has 3 rings (SSSR count). The Kier molecular flexibility index (Phi) is 6.03. The maximum absolute atomic E-state index is 12.7. The number of hydrogen-bond acceptors (Lipinski definition) is 8. The molecule has 0 spiro atoms. The average molecular weight is 425 g/mol. The number of thioether (sulfide) groups is 1. The number of phenols is 1. The lowest BCUT2D eigenvalue weighted by Crippen LogP contribution is -2.27. The number of phenolic OH excluding ortho intramolecular Hbond substituents is 1. The van der Waals surface area contributed by atoms with Crippen LogP contribution in [0.15, 0.2) is 41.3 Å². The zero-order valence-electron chi connectivity index (χ0n) is 15.7. The molecular weight excluding hydrogens is 410 g/mol.